The number of carbonyl (C=O) groups excluding carboxylic acids is 1. The molecule has 2 aromatic carbocycles. The lowest BCUT2D eigenvalue weighted by atomic mass is 9.87. The van der Waals surface area contributed by atoms with Crippen LogP contribution >= 0.6 is 0 Å². The molecule has 2 N–H and O–H groups in total. The third kappa shape index (κ3) is 4.08. The number of hydrogen-bond donors (Lipinski definition) is 1. The summed E-state index contributed by atoms with van der Waals surface area (Å²) >= 11 is 0. The number of nitro benzene ring substituents is 1. The Bertz CT molecular complexity index is 1240. The maximum Gasteiger partial charge on any atom is 0.349 e. The molecule has 1 aliphatic rings. The van der Waals surface area contributed by atoms with E-state index < -0.39 is 23.4 Å². The van der Waals surface area contributed by atoms with E-state index in [1.54, 1.807) is 24.3 Å². The standard InChI is InChI=1S/C22H15N3O7/c23-11-17-21(18-2-1-9-29-18)16-8-7-15(10-19(16)32-22(17)24)31-20(26)12-30-14-5-3-13(4-6-14)25(27)28/h1-10,21H,12,24H2. The van der Waals surface area contributed by atoms with Crippen molar-refractivity contribution in [3.63, 3.8) is 0 Å². The number of benzene rings is 2. The number of rotatable bonds is 6. The molecule has 10 heteroatoms. The summed E-state index contributed by atoms with van der Waals surface area (Å²) in [5.41, 5.74) is 6.68. The van der Waals surface area contributed by atoms with Gasteiger partial charge in [0.1, 0.15) is 34.7 Å². The molecule has 1 atom stereocenters. The zero-order chi connectivity index (χ0) is 22.7. The van der Waals surface area contributed by atoms with Crippen LogP contribution in [0.2, 0.25) is 0 Å². The number of non-ortho nitro benzene ring substituents is 1. The summed E-state index contributed by atoms with van der Waals surface area (Å²) in [4.78, 5) is 22.3. The number of esters is 1. The molecule has 160 valence electrons. The van der Waals surface area contributed by atoms with Gasteiger partial charge in [0.2, 0.25) is 5.88 Å². The second-order valence-electron chi connectivity index (χ2n) is 6.65. The molecule has 0 saturated carbocycles. The third-order valence-electron chi connectivity index (χ3n) is 4.65. The second-order valence-corrected chi connectivity index (χ2v) is 6.65. The molecule has 0 radical (unpaired) electrons. The second kappa shape index (κ2) is 8.53. The normalized spacial score (nSPS) is 14.7. The summed E-state index contributed by atoms with van der Waals surface area (Å²) in [5, 5.41) is 20.2. The number of nitrogens with zero attached hydrogens (tertiary/aromatic N) is 2. The first-order valence-electron chi connectivity index (χ1n) is 9.29. The average molecular weight is 433 g/mol. The van der Waals surface area contributed by atoms with Gasteiger partial charge in [-0.15, -0.1) is 0 Å². The average Bonchev–Trinajstić information content (AvgIpc) is 3.31. The zero-order valence-electron chi connectivity index (χ0n) is 16.4. The Morgan fingerprint density at radius 3 is 2.59 bits per heavy atom. The minimum atomic E-state index is -0.692. The number of hydrogen-bond acceptors (Lipinski definition) is 9. The highest BCUT2D eigenvalue weighted by Gasteiger charge is 2.32. The molecule has 32 heavy (non-hydrogen) atoms. The van der Waals surface area contributed by atoms with E-state index >= 15 is 0 Å². The maximum absolute atomic E-state index is 12.2. The number of fused-ring (bicyclic) bond motifs is 1. The van der Waals surface area contributed by atoms with Gasteiger partial charge in [-0.3, -0.25) is 10.1 Å². The zero-order valence-corrected chi connectivity index (χ0v) is 16.4. The van der Waals surface area contributed by atoms with Crippen molar-refractivity contribution in [2.45, 2.75) is 5.92 Å². The Kier molecular flexibility index (Phi) is 5.46. The fraction of sp³-hybridized carbons (Fsp3) is 0.0909. The lowest BCUT2D eigenvalue weighted by Crippen LogP contribution is -2.21. The van der Waals surface area contributed by atoms with Gasteiger partial charge in [0, 0.05) is 23.8 Å². The van der Waals surface area contributed by atoms with E-state index in [9.17, 15) is 20.2 Å². The summed E-state index contributed by atoms with van der Waals surface area (Å²) in [6.07, 6.45) is 1.50. The SMILES string of the molecule is N#CC1=C(N)Oc2cc(OC(=O)COc3ccc([N+](=O)[O-])cc3)ccc2C1c1ccco1. The van der Waals surface area contributed by atoms with Crippen molar-refractivity contribution in [2.75, 3.05) is 6.61 Å². The van der Waals surface area contributed by atoms with Crippen molar-refractivity contribution in [3.8, 4) is 23.3 Å². The molecule has 0 aliphatic carbocycles. The summed E-state index contributed by atoms with van der Waals surface area (Å²) < 4.78 is 21.6. The molecular formula is C22H15N3O7. The molecule has 0 bridgehead atoms. The van der Waals surface area contributed by atoms with Crippen molar-refractivity contribution < 1.29 is 28.3 Å². The highest BCUT2D eigenvalue weighted by Crippen LogP contribution is 2.43. The molecule has 4 rings (SSSR count). The van der Waals surface area contributed by atoms with Gasteiger partial charge >= 0.3 is 5.97 Å². The Morgan fingerprint density at radius 1 is 1.19 bits per heavy atom. The van der Waals surface area contributed by atoms with Gasteiger partial charge < -0.3 is 24.4 Å². The highest BCUT2D eigenvalue weighted by atomic mass is 16.6. The molecule has 1 unspecified atom stereocenters. The molecule has 2 heterocycles. The monoisotopic (exact) mass is 433 g/mol. The Balaban J connectivity index is 1.47. The van der Waals surface area contributed by atoms with Crippen LogP contribution in [0.5, 0.6) is 17.2 Å². The van der Waals surface area contributed by atoms with E-state index in [4.69, 9.17) is 24.4 Å². The largest absolute Gasteiger partial charge is 0.482 e. The van der Waals surface area contributed by atoms with Gasteiger partial charge in [-0.25, -0.2) is 4.79 Å². The number of ether oxygens (including phenoxy) is 3. The van der Waals surface area contributed by atoms with Crippen LogP contribution in [-0.2, 0) is 4.79 Å². The Hall–Kier alpha value is -4.78. The summed E-state index contributed by atoms with van der Waals surface area (Å²) in [5.74, 6) is 0.0140. The quantitative estimate of drug-likeness (QED) is 0.267. The molecule has 0 spiro atoms. The van der Waals surface area contributed by atoms with Crippen molar-refractivity contribution >= 4 is 11.7 Å². The van der Waals surface area contributed by atoms with Gasteiger partial charge in [-0.05, 0) is 30.3 Å². The summed E-state index contributed by atoms with van der Waals surface area (Å²) in [6, 6.07) is 15.5. The van der Waals surface area contributed by atoms with Gasteiger partial charge in [0.05, 0.1) is 17.1 Å². The molecular weight excluding hydrogens is 418 g/mol. The van der Waals surface area contributed by atoms with Gasteiger partial charge in [0.25, 0.3) is 5.69 Å². The van der Waals surface area contributed by atoms with Crippen LogP contribution in [0.25, 0.3) is 0 Å². The van der Waals surface area contributed by atoms with E-state index in [1.807, 2.05) is 0 Å². The fourth-order valence-corrected chi connectivity index (χ4v) is 3.21. The van der Waals surface area contributed by atoms with Crippen LogP contribution in [0, 0.1) is 21.4 Å². The predicted molar refractivity (Wildman–Crippen MR) is 109 cm³/mol. The molecule has 3 aromatic rings. The van der Waals surface area contributed by atoms with E-state index in [1.165, 1.54) is 36.6 Å². The van der Waals surface area contributed by atoms with E-state index in [0.29, 0.717) is 17.1 Å². The number of furan rings is 1. The van der Waals surface area contributed by atoms with E-state index in [2.05, 4.69) is 6.07 Å². The van der Waals surface area contributed by atoms with Gasteiger partial charge in [-0.1, -0.05) is 6.07 Å². The Morgan fingerprint density at radius 2 is 1.94 bits per heavy atom. The van der Waals surface area contributed by atoms with Gasteiger partial charge in [-0.2, -0.15) is 5.26 Å². The van der Waals surface area contributed by atoms with Gasteiger partial charge in [0.15, 0.2) is 6.61 Å². The molecule has 0 saturated heterocycles. The lowest BCUT2D eigenvalue weighted by molar-refractivity contribution is -0.384. The molecule has 1 aliphatic heterocycles. The van der Waals surface area contributed by atoms with Crippen LogP contribution in [0.4, 0.5) is 5.69 Å². The number of nitriles is 1. The number of nitro groups is 1. The third-order valence-corrected chi connectivity index (χ3v) is 4.65. The number of nitrogens with two attached hydrogens (primary N) is 1. The first kappa shape index (κ1) is 20.5. The minimum absolute atomic E-state index is 0.0635. The molecule has 0 amide bonds. The predicted octanol–water partition coefficient (Wildman–Crippen LogP) is 3.39. The van der Waals surface area contributed by atoms with Crippen LogP contribution < -0.4 is 19.9 Å². The molecule has 1 aromatic heterocycles. The first-order valence-corrected chi connectivity index (χ1v) is 9.29. The maximum atomic E-state index is 12.2. The van der Waals surface area contributed by atoms with Crippen LogP contribution in [-0.4, -0.2) is 17.5 Å². The first-order chi connectivity index (χ1) is 15.5. The molecule has 0 fully saturated rings. The Labute approximate surface area is 181 Å². The van der Waals surface area contributed by atoms with E-state index in [0.717, 1.165) is 0 Å². The van der Waals surface area contributed by atoms with Crippen molar-refractivity contribution in [2.24, 2.45) is 5.73 Å². The topological polar surface area (TPSA) is 151 Å². The van der Waals surface area contributed by atoms with Crippen LogP contribution in [0.15, 0.2) is 76.7 Å². The van der Waals surface area contributed by atoms with Crippen molar-refractivity contribution in [1.29, 1.82) is 5.26 Å². The molecule has 10 nitrogen and oxygen atoms in total. The van der Waals surface area contributed by atoms with Crippen molar-refractivity contribution in [1.82, 2.24) is 0 Å². The summed E-state index contributed by atoms with van der Waals surface area (Å²) in [7, 11) is 0. The highest BCUT2D eigenvalue weighted by molar-refractivity contribution is 5.74. The summed E-state index contributed by atoms with van der Waals surface area (Å²) in [6.45, 7) is -0.411. The minimum Gasteiger partial charge on any atom is -0.482 e. The fourth-order valence-electron chi connectivity index (χ4n) is 3.21. The van der Waals surface area contributed by atoms with Crippen molar-refractivity contribution in [3.05, 3.63) is 93.8 Å². The van der Waals surface area contributed by atoms with Crippen LogP contribution in [0.1, 0.15) is 17.2 Å². The number of allylic oxidation sites excluding steroid dienone is 1. The van der Waals surface area contributed by atoms with Crippen LogP contribution in [0.3, 0.4) is 0 Å². The van der Waals surface area contributed by atoms with E-state index in [-0.39, 0.29) is 28.6 Å². The lowest BCUT2D eigenvalue weighted by Gasteiger charge is -2.25. The number of carbonyl (C=O) groups is 1. The smallest absolute Gasteiger partial charge is 0.349 e.